The third kappa shape index (κ3) is 2.99. The number of amides is 1. The van der Waals surface area contributed by atoms with Gasteiger partial charge in [-0.25, -0.2) is 0 Å². The molecule has 74 valence electrons. The fourth-order valence-corrected chi connectivity index (χ4v) is 1.46. The van der Waals surface area contributed by atoms with Crippen LogP contribution in [0.2, 0.25) is 0 Å². The van der Waals surface area contributed by atoms with Crippen LogP contribution in [-0.2, 0) is 9.53 Å². The molecule has 1 atom stereocenters. The molecule has 0 radical (unpaired) electrons. The highest BCUT2D eigenvalue weighted by molar-refractivity contribution is 6.29. The van der Waals surface area contributed by atoms with Gasteiger partial charge < -0.3 is 10.5 Å². The van der Waals surface area contributed by atoms with Crippen LogP contribution in [0.25, 0.3) is 0 Å². The summed E-state index contributed by atoms with van der Waals surface area (Å²) in [6.07, 6.45) is 0. The summed E-state index contributed by atoms with van der Waals surface area (Å²) in [6.45, 7) is 5.68. The summed E-state index contributed by atoms with van der Waals surface area (Å²) in [7, 11) is 0. The average Bonchev–Trinajstić information content (AvgIpc) is 2.03. The van der Waals surface area contributed by atoms with E-state index in [-0.39, 0.29) is 11.9 Å². The average molecular weight is 205 g/mol. The van der Waals surface area contributed by atoms with Crippen molar-refractivity contribution in [3.8, 4) is 0 Å². The van der Waals surface area contributed by atoms with Crippen molar-refractivity contribution in [2.24, 2.45) is 5.73 Å². The van der Waals surface area contributed by atoms with Crippen LogP contribution < -0.4 is 5.73 Å². The Balaban J connectivity index is 2.56. The molecule has 0 spiro atoms. The van der Waals surface area contributed by atoms with Gasteiger partial charge >= 0.3 is 0 Å². The SMILES string of the molecule is C=C(Cl)CN1CCOCC1C(N)=O. The van der Waals surface area contributed by atoms with E-state index in [2.05, 4.69) is 6.58 Å². The molecule has 1 saturated heterocycles. The Labute approximate surface area is 82.3 Å². The third-order valence-electron chi connectivity index (χ3n) is 1.94. The van der Waals surface area contributed by atoms with Crippen LogP contribution in [0, 0.1) is 0 Å². The highest BCUT2D eigenvalue weighted by Gasteiger charge is 2.27. The first kappa shape index (κ1) is 10.5. The summed E-state index contributed by atoms with van der Waals surface area (Å²) in [5.74, 6) is -0.377. The summed E-state index contributed by atoms with van der Waals surface area (Å²) in [6, 6.07) is -0.371. The number of hydrogen-bond acceptors (Lipinski definition) is 3. The van der Waals surface area contributed by atoms with Crippen molar-refractivity contribution in [3.05, 3.63) is 11.6 Å². The van der Waals surface area contributed by atoms with Gasteiger partial charge in [-0.3, -0.25) is 9.69 Å². The van der Waals surface area contributed by atoms with Crippen molar-refractivity contribution < 1.29 is 9.53 Å². The fraction of sp³-hybridized carbons (Fsp3) is 0.625. The van der Waals surface area contributed by atoms with Gasteiger partial charge in [-0.15, -0.1) is 0 Å². The molecule has 5 heteroatoms. The second kappa shape index (κ2) is 4.60. The van der Waals surface area contributed by atoms with Crippen molar-refractivity contribution in [1.29, 1.82) is 0 Å². The normalized spacial score (nSPS) is 24.2. The summed E-state index contributed by atoms with van der Waals surface area (Å²) in [4.78, 5) is 12.9. The van der Waals surface area contributed by atoms with Crippen LogP contribution >= 0.6 is 11.6 Å². The van der Waals surface area contributed by atoms with Gasteiger partial charge in [-0.2, -0.15) is 0 Å². The Kier molecular flexibility index (Phi) is 3.71. The van der Waals surface area contributed by atoms with E-state index in [1.165, 1.54) is 0 Å². The molecule has 0 aliphatic carbocycles. The molecule has 1 heterocycles. The van der Waals surface area contributed by atoms with E-state index < -0.39 is 0 Å². The zero-order chi connectivity index (χ0) is 9.84. The maximum Gasteiger partial charge on any atom is 0.237 e. The first-order valence-electron chi connectivity index (χ1n) is 4.05. The standard InChI is InChI=1S/C8H13ClN2O2/c1-6(9)4-11-2-3-13-5-7(11)8(10)12/h7H,1-5H2,(H2,10,12). The van der Waals surface area contributed by atoms with E-state index in [0.717, 1.165) is 0 Å². The number of nitrogens with two attached hydrogens (primary N) is 1. The van der Waals surface area contributed by atoms with Crippen LogP contribution in [0.3, 0.4) is 0 Å². The number of carbonyl (C=O) groups is 1. The summed E-state index contributed by atoms with van der Waals surface area (Å²) < 4.78 is 5.14. The molecule has 1 aliphatic rings. The number of primary amides is 1. The predicted octanol–water partition coefficient (Wildman–Crippen LogP) is -0.0750. The number of carbonyl (C=O) groups excluding carboxylic acids is 1. The van der Waals surface area contributed by atoms with E-state index in [1.807, 2.05) is 4.90 Å². The highest BCUT2D eigenvalue weighted by Crippen LogP contribution is 2.10. The quantitative estimate of drug-likeness (QED) is 0.700. The molecule has 1 amide bonds. The van der Waals surface area contributed by atoms with Gasteiger partial charge in [-0.1, -0.05) is 18.2 Å². The Hall–Kier alpha value is -0.580. The lowest BCUT2D eigenvalue weighted by atomic mass is 10.2. The molecule has 1 rings (SSSR count). The van der Waals surface area contributed by atoms with Crippen LogP contribution in [0.4, 0.5) is 0 Å². The van der Waals surface area contributed by atoms with Gasteiger partial charge in [0.05, 0.1) is 13.2 Å². The third-order valence-corrected chi connectivity index (χ3v) is 2.06. The lowest BCUT2D eigenvalue weighted by Gasteiger charge is -2.32. The molecule has 4 nitrogen and oxygen atoms in total. The number of nitrogens with zero attached hydrogens (tertiary/aromatic N) is 1. The number of morpholine rings is 1. The van der Waals surface area contributed by atoms with Crippen LogP contribution in [0.1, 0.15) is 0 Å². The minimum absolute atomic E-state index is 0.347. The monoisotopic (exact) mass is 204 g/mol. The maximum atomic E-state index is 11.0. The molecule has 0 saturated carbocycles. The summed E-state index contributed by atoms with van der Waals surface area (Å²) in [5.41, 5.74) is 5.20. The van der Waals surface area contributed by atoms with Gasteiger partial charge in [0.25, 0.3) is 0 Å². The molecule has 1 unspecified atom stereocenters. The lowest BCUT2D eigenvalue weighted by molar-refractivity contribution is -0.128. The molecule has 0 aromatic heterocycles. The van der Waals surface area contributed by atoms with E-state index >= 15 is 0 Å². The summed E-state index contributed by atoms with van der Waals surface area (Å²) >= 11 is 5.65. The van der Waals surface area contributed by atoms with E-state index in [9.17, 15) is 4.79 Å². The van der Waals surface area contributed by atoms with Gasteiger partial charge in [0, 0.05) is 18.1 Å². The number of halogens is 1. The Morgan fingerprint density at radius 2 is 2.46 bits per heavy atom. The van der Waals surface area contributed by atoms with E-state index in [0.29, 0.717) is 31.3 Å². The summed E-state index contributed by atoms with van der Waals surface area (Å²) in [5, 5.41) is 0.508. The molecule has 0 aromatic rings. The smallest absolute Gasteiger partial charge is 0.237 e. The fourth-order valence-electron chi connectivity index (χ4n) is 1.31. The second-order valence-corrected chi connectivity index (χ2v) is 3.52. The Morgan fingerprint density at radius 3 is 3.00 bits per heavy atom. The molecule has 0 bridgehead atoms. The maximum absolute atomic E-state index is 11.0. The van der Waals surface area contributed by atoms with Crippen LogP contribution in [0.5, 0.6) is 0 Å². The van der Waals surface area contributed by atoms with E-state index in [4.69, 9.17) is 22.1 Å². The Morgan fingerprint density at radius 1 is 1.77 bits per heavy atom. The van der Waals surface area contributed by atoms with Crippen molar-refractivity contribution in [3.63, 3.8) is 0 Å². The first-order chi connectivity index (χ1) is 6.11. The largest absolute Gasteiger partial charge is 0.378 e. The van der Waals surface area contributed by atoms with Crippen molar-refractivity contribution >= 4 is 17.5 Å². The first-order valence-corrected chi connectivity index (χ1v) is 4.43. The molecule has 0 aromatic carbocycles. The van der Waals surface area contributed by atoms with Crippen LogP contribution in [0.15, 0.2) is 11.6 Å². The minimum atomic E-state index is -0.377. The van der Waals surface area contributed by atoms with Crippen LogP contribution in [-0.4, -0.2) is 43.2 Å². The number of ether oxygens (including phenoxy) is 1. The molecule has 1 fully saturated rings. The van der Waals surface area contributed by atoms with Crippen molar-refractivity contribution in [1.82, 2.24) is 4.90 Å². The van der Waals surface area contributed by atoms with Crippen molar-refractivity contribution in [2.75, 3.05) is 26.3 Å². The zero-order valence-corrected chi connectivity index (χ0v) is 8.09. The highest BCUT2D eigenvalue weighted by atomic mass is 35.5. The molecular weight excluding hydrogens is 192 g/mol. The molecule has 2 N–H and O–H groups in total. The topological polar surface area (TPSA) is 55.6 Å². The van der Waals surface area contributed by atoms with Gasteiger partial charge in [0.1, 0.15) is 6.04 Å². The van der Waals surface area contributed by atoms with Crippen molar-refractivity contribution in [2.45, 2.75) is 6.04 Å². The number of rotatable bonds is 3. The van der Waals surface area contributed by atoms with Gasteiger partial charge in [0.15, 0.2) is 0 Å². The zero-order valence-electron chi connectivity index (χ0n) is 7.33. The second-order valence-electron chi connectivity index (χ2n) is 2.98. The Bertz CT molecular complexity index is 220. The number of hydrogen-bond donors (Lipinski definition) is 1. The molecule has 13 heavy (non-hydrogen) atoms. The lowest BCUT2D eigenvalue weighted by Crippen LogP contribution is -2.52. The molecule has 1 aliphatic heterocycles. The van der Waals surface area contributed by atoms with E-state index in [1.54, 1.807) is 0 Å². The van der Waals surface area contributed by atoms with Gasteiger partial charge in [0.2, 0.25) is 5.91 Å². The predicted molar refractivity (Wildman–Crippen MR) is 50.4 cm³/mol. The van der Waals surface area contributed by atoms with Gasteiger partial charge in [-0.05, 0) is 0 Å². The molecular formula is C8H13ClN2O2. The minimum Gasteiger partial charge on any atom is -0.378 e.